The number of hydrogen-bond donors (Lipinski definition) is 2. The van der Waals surface area contributed by atoms with E-state index in [2.05, 4.69) is 5.10 Å². The van der Waals surface area contributed by atoms with Crippen molar-refractivity contribution in [1.82, 2.24) is 9.78 Å². The van der Waals surface area contributed by atoms with Gasteiger partial charge in [0, 0.05) is 24.9 Å². The molecule has 0 saturated carbocycles. The van der Waals surface area contributed by atoms with Crippen LogP contribution in [-0.4, -0.2) is 20.9 Å². The van der Waals surface area contributed by atoms with Crippen LogP contribution in [0.15, 0.2) is 18.2 Å². The number of aromatic nitrogens is 2. The Kier molecular flexibility index (Phi) is 3.34. The summed E-state index contributed by atoms with van der Waals surface area (Å²) in [6.45, 7) is 1.95. The molecular formula is C13H17N3O2. The Morgan fingerprint density at radius 2 is 2.28 bits per heavy atom. The van der Waals surface area contributed by atoms with Crippen molar-refractivity contribution in [2.75, 3.05) is 0 Å². The van der Waals surface area contributed by atoms with E-state index >= 15 is 0 Å². The highest BCUT2D eigenvalue weighted by atomic mass is 16.4. The summed E-state index contributed by atoms with van der Waals surface area (Å²) in [6.07, 6.45) is 0.533. The van der Waals surface area contributed by atoms with Crippen LogP contribution >= 0.6 is 0 Å². The van der Waals surface area contributed by atoms with E-state index in [4.69, 9.17) is 10.8 Å². The van der Waals surface area contributed by atoms with Crippen molar-refractivity contribution in [1.29, 1.82) is 0 Å². The number of carbonyl (C=O) groups is 1. The van der Waals surface area contributed by atoms with Gasteiger partial charge in [-0.2, -0.15) is 5.10 Å². The first-order valence-corrected chi connectivity index (χ1v) is 5.89. The normalized spacial score (nSPS) is 12.8. The Balaban J connectivity index is 2.29. The molecule has 5 nitrogen and oxygen atoms in total. The average Bonchev–Trinajstić information content (AvgIpc) is 2.61. The molecule has 96 valence electrons. The van der Waals surface area contributed by atoms with Gasteiger partial charge < -0.3 is 10.8 Å². The molecule has 0 aliphatic heterocycles. The molecule has 18 heavy (non-hydrogen) atoms. The Hall–Kier alpha value is -1.88. The molecule has 2 rings (SSSR count). The molecule has 0 bridgehead atoms. The van der Waals surface area contributed by atoms with Gasteiger partial charge in [0.15, 0.2) is 0 Å². The van der Waals surface area contributed by atoms with Crippen molar-refractivity contribution in [3.05, 3.63) is 29.5 Å². The third-order valence-electron chi connectivity index (χ3n) is 3.16. The van der Waals surface area contributed by atoms with Gasteiger partial charge in [-0.15, -0.1) is 0 Å². The molecule has 0 spiro atoms. The van der Waals surface area contributed by atoms with Crippen LogP contribution in [0.25, 0.3) is 10.9 Å². The van der Waals surface area contributed by atoms with Crippen molar-refractivity contribution in [2.24, 2.45) is 12.8 Å². The number of carboxylic acids is 1. The molecule has 0 amide bonds. The van der Waals surface area contributed by atoms with Gasteiger partial charge in [-0.25, -0.2) is 0 Å². The smallest absolute Gasteiger partial charge is 0.303 e. The van der Waals surface area contributed by atoms with Gasteiger partial charge in [-0.1, -0.05) is 6.07 Å². The van der Waals surface area contributed by atoms with E-state index in [-0.39, 0.29) is 12.5 Å². The van der Waals surface area contributed by atoms with Crippen LogP contribution in [0.5, 0.6) is 0 Å². The highest BCUT2D eigenvalue weighted by Crippen LogP contribution is 2.23. The van der Waals surface area contributed by atoms with E-state index < -0.39 is 5.97 Å². The summed E-state index contributed by atoms with van der Waals surface area (Å²) in [5.41, 5.74) is 8.97. The molecule has 2 aromatic rings. The summed E-state index contributed by atoms with van der Waals surface area (Å²) >= 11 is 0. The summed E-state index contributed by atoms with van der Waals surface area (Å²) in [4.78, 5) is 10.5. The second kappa shape index (κ2) is 4.78. The van der Waals surface area contributed by atoms with Gasteiger partial charge in [0.25, 0.3) is 0 Å². The monoisotopic (exact) mass is 247 g/mol. The molecule has 1 atom stereocenters. The van der Waals surface area contributed by atoms with Crippen molar-refractivity contribution in [3.63, 3.8) is 0 Å². The van der Waals surface area contributed by atoms with E-state index in [0.717, 1.165) is 22.2 Å². The van der Waals surface area contributed by atoms with Gasteiger partial charge in [0.05, 0.1) is 11.2 Å². The first-order valence-electron chi connectivity index (χ1n) is 5.89. The first-order chi connectivity index (χ1) is 8.49. The number of benzene rings is 1. The molecular weight excluding hydrogens is 230 g/mol. The van der Waals surface area contributed by atoms with E-state index in [9.17, 15) is 4.79 Å². The topological polar surface area (TPSA) is 81.1 Å². The van der Waals surface area contributed by atoms with Crippen molar-refractivity contribution in [3.8, 4) is 0 Å². The number of aliphatic carboxylic acids is 1. The zero-order valence-electron chi connectivity index (χ0n) is 10.6. The summed E-state index contributed by atoms with van der Waals surface area (Å²) in [5, 5.41) is 14.1. The quantitative estimate of drug-likeness (QED) is 0.862. The number of fused-ring (bicyclic) bond motifs is 1. The summed E-state index contributed by atoms with van der Waals surface area (Å²) in [5.74, 6) is -0.816. The highest BCUT2D eigenvalue weighted by Gasteiger charge is 2.11. The second-order valence-electron chi connectivity index (χ2n) is 4.52. The lowest BCUT2D eigenvalue weighted by molar-refractivity contribution is -0.137. The largest absolute Gasteiger partial charge is 0.481 e. The fourth-order valence-corrected chi connectivity index (χ4v) is 2.13. The zero-order valence-corrected chi connectivity index (χ0v) is 10.6. The summed E-state index contributed by atoms with van der Waals surface area (Å²) in [6, 6.07) is 5.68. The Labute approximate surface area is 105 Å². The van der Waals surface area contributed by atoms with Crippen LogP contribution in [-0.2, 0) is 11.8 Å². The minimum absolute atomic E-state index is 0.0885. The lowest BCUT2D eigenvalue weighted by Gasteiger charge is -2.10. The van der Waals surface area contributed by atoms with Crippen LogP contribution in [0.4, 0.5) is 0 Å². The number of hydrogen-bond acceptors (Lipinski definition) is 3. The molecule has 0 fully saturated rings. The molecule has 1 aromatic carbocycles. The molecule has 0 saturated heterocycles. The number of rotatable bonds is 4. The maximum atomic E-state index is 10.5. The van der Waals surface area contributed by atoms with Crippen LogP contribution < -0.4 is 5.73 Å². The summed E-state index contributed by atoms with van der Waals surface area (Å²) < 4.78 is 1.83. The van der Waals surface area contributed by atoms with E-state index in [1.54, 1.807) is 0 Å². The Bertz CT molecular complexity index is 589. The first kappa shape index (κ1) is 12.6. The molecule has 1 unspecified atom stereocenters. The number of carboxylic acid groups (broad SMARTS) is 1. The van der Waals surface area contributed by atoms with Crippen molar-refractivity contribution in [2.45, 2.75) is 25.8 Å². The molecule has 1 heterocycles. The Morgan fingerprint density at radius 3 is 2.94 bits per heavy atom. The lowest BCUT2D eigenvalue weighted by Crippen LogP contribution is -2.12. The minimum Gasteiger partial charge on any atom is -0.481 e. The highest BCUT2D eigenvalue weighted by molar-refractivity contribution is 5.82. The third kappa shape index (κ3) is 2.36. The molecule has 0 aliphatic rings. The van der Waals surface area contributed by atoms with Crippen molar-refractivity contribution >= 4 is 16.9 Å². The van der Waals surface area contributed by atoms with Gasteiger partial charge in [0.1, 0.15) is 0 Å². The fraction of sp³-hybridized carbons (Fsp3) is 0.385. The fourth-order valence-electron chi connectivity index (χ4n) is 2.13. The van der Waals surface area contributed by atoms with E-state index in [1.807, 2.05) is 36.9 Å². The standard InChI is InChI=1S/C13H17N3O2/c1-8-10-7-9(11(14)4-6-13(17)18)3-5-12(10)16(2)15-8/h3,5,7,11H,4,6,14H2,1-2H3,(H,17,18). The third-order valence-corrected chi connectivity index (χ3v) is 3.16. The SMILES string of the molecule is Cc1nn(C)c2ccc(C(N)CCC(=O)O)cc12. The maximum Gasteiger partial charge on any atom is 0.303 e. The molecule has 3 N–H and O–H groups in total. The molecule has 5 heteroatoms. The lowest BCUT2D eigenvalue weighted by atomic mass is 10.0. The number of nitrogens with two attached hydrogens (primary N) is 1. The minimum atomic E-state index is -0.816. The molecule has 1 aromatic heterocycles. The second-order valence-corrected chi connectivity index (χ2v) is 4.52. The van der Waals surface area contributed by atoms with E-state index in [1.165, 1.54) is 0 Å². The van der Waals surface area contributed by atoms with Gasteiger partial charge in [-0.3, -0.25) is 9.48 Å². The van der Waals surface area contributed by atoms with Crippen LogP contribution in [0.1, 0.15) is 30.1 Å². The van der Waals surface area contributed by atoms with Crippen LogP contribution in [0, 0.1) is 6.92 Å². The predicted molar refractivity (Wildman–Crippen MR) is 69.2 cm³/mol. The average molecular weight is 247 g/mol. The Morgan fingerprint density at radius 1 is 1.56 bits per heavy atom. The van der Waals surface area contributed by atoms with Gasteiger partial charge in [0.2, 0.25) is 0 Å². The van der Waals surface area contributed by atoms with Crippen LogP contribution in [0.2, 0.25) is 0 Å². The zero-order chi connectivity index (χ0) is 13.3. The summed E-state index contributed by atoms with van der Waals surface area (Å²) in [7, 11) is 1.90. The van der Waals surface area contributed by atoms with Crippen molar-refractivity contribution < 1.29 is 9.90 Å². The van der Waals surface area contributed by atoms with Gasteiger partial charge in [-0.05, 0) is 31.0 Å². The number of nitrogens with zero attached hydrogens (tertiary/aromatic N) is 2. The van der Waals surface area contributed by atoms with E-state index in [0.29, 0.717) is 6.42 Å². The maximum absolute atomic E-state index is 10.5. The predicted octanol–water partition coefficient (Wildman–Crippen LogP) is 1.75. The van der Waals surface area contributed by atoms with Crippen LogP contribution in [0.3, 0.4) is 0 Å². The molecule has 0 radical (unpaired) electrons. The number of aryl methyl sites for hydroxylation is 2. The van der Waals surface area contributed by atoms with Gasteiger partial charge >= 0.3 is 5.97 Å². The molecule has 0 aliphatic carbocycles.